The Morgan fingerprint density at radius 2 is 2.04 bits per heavy atom. The van der Waals surface area contributed by atoms with E-state index in [1.807, 2.05) is 23.8 Å². The average molecular weight is 343 g/mol. The molecule has 7 heteroatoms. The minimum absolute atomic E-state index is 0.0544. The van der Waals surface area contributed by atoms with Crippen LogP contribution < -0.4 is 10.2 Å². The van der Waals surface area contributed by atoms with Crippen LogP contribution in [-0.4, -0.2) is 21.5 Å². The molecule has 1 aliphatic rings. The zero-order chi connectivity index (χ0) is 17.3. The molecule has 0 spiro atoms. The number of carbonyl (C=O) groups excluding carboxylic acids is 2. The molecule has 5 nitrogen and oxygen atoms in total. The Balaban J connectivity index is 2.03. The van der Waals surface area contributed by atoms with E-state index in [1.165, 1.54) is 24.3 Å². The Labute approximate surface area is 143 Å². The molecule has 0 radical (unpaired) electrons. The summed E-state index contributed by atoms with van der Waals surface area (Å²) in [5.41, 5.74) is 0.936. The van der Waals surface area contributed by atoms with Crippen molar-refractivity contribution in [3.05, 3.63) is 59.7 Å². The number of aryl methyl sites for hydroxylation is 1. The molecule has 1 aromatic carbocycles. The number of thiocarbonyl (C=S) groups is 1. The van der Waals surface area contributed by atoms with E-state index in [1.54, 1.807) is 12.1 Å². The molecule has 122 valence electrons. The van der Waals surface area contributed by atoms with Gasteiger partial charge in [0.1, 0.15) is 11.4 Å². The van der Waals surface area contributed by atoms with Crippen LogP contribution in [0.4, 0.5) is 10.1 Å². The number of rotatable bonds is 3. The summed E-state index contributed by atoms with van der Waals surface area (Å²) >= 11 is 5.07. The first-order chi connectivity index (χ1) is 11.5. The van der Waals surface area contributed by atoms with Gasteiger partial charge in [0, 0.05) is 18.4 Å². The van der Waals surface area contributed by atoms with Gasteiger partial charge in [0.2, 0.25) is 0 Å². The highest BCUT2D eigenvalue weighted by Gasteiger charge is 2.34. The molecule has 2 heterocycles. The zero-order valence-corrected chi connectivity index (χ0v) is 13.6. The monoisotopic (exact) mass is 343 g/mol. The average Bonchev–Trinajstić information content (AvgIpc) is 2.98. The van der Waals surface area contributed by atoms with Gasteiger partial charge in [-0.2, -0.15) is 0 Å². The summed E-state index contributed by atoms with van der Waals surface area (Å²) in [5.74, 6) is -1.65. The molecule has 0 saturated carbocycles. The van der Waals surface area contributed by atoms with Crippen molar-refractivity contribution in [1.82, 2.24) is 9.88 Å². The molecule has 1 aromatic heterocycles. The molecule has 0 atom stereocenters. The quantitative estimate of drug-likeness (QED) is 0.529. The zero-order valence-electron chi connectivity index (χ0n) is 12.8. The summed E-state index contributed by atoms with van der Waals surface area (Å²) in [4.78, 5) is 26.1. The number of carbonyl (C=O) groups is 2. The van der Waals surface area contributed by atoms with Crippen LogP contribution in [0.5, 0.6) is 0 Å². The standard InChI is InChI=1S/C17H14FN3O2S/c1-2-20-8-4-7-12(20)10-14-15(22)19-17(24)21(16(14)23)13-6-3-5-11(18)9-13/h3-10H,2H2,1H3,(H,19,22,24)/b14-10+. The first kappa shape index (κ1) is 16.1. The van der Waals surface area contributed by atoms with Crippen LogP contribution in [0, 0.1) is 5.82 Å². The minimum Gasteiger partial charge on any atom is -0.348 e. The first-order valence-electron chi connectivity index (χ1n) is 7.33. The van der Waals surface area contributed by atoms with Crippen LogP contribution in [0.1, 0.15) is 12.6 Å². The van der Waals surface area contributed by atoms with Crippen molar-refractivity contribution in [2.24, 2.45) is 0 Å². The lowest BCUT2D eigenvalue weighted by atomic mass is 10.1. The number of anilines is 1. The molecule has 2 amide bonds. The Morgan fingerprint density at radius 1 is 1.25 bits per heavy atom. The number of hydrogen-bond donors (Lipinski definition) is 1. The molecule has 1 aliphatic heterocycles. The highest BCUT2D eigenvalue weighted by atomic mass is 32.1. The van der Waals surface area contributed by atoms with Crippen molar-refractivity contribution in [2.45, 2.75) is 13.5 Å². The van der Waals surface area contributed by atoms with Crippen LogP contribution in [-0.2, 0) is 16.1 Å². The van der Waals surface area contributed by atoms with Crippen molar-refractivity contribution in [3.63, 3.8) is 0 Å². The number of halogens is 1. The summed E-state index contributed by atoms with van der Waals surface area (Å²) in [6, 6.07) is 9.12. The maximum absolute atomic E-state index is 13.5. The normalized spacial score (nSPS) is 16.7. The van der Waals surface area contributed by atoms with E-state index >= 15 is 0 Å². The lowest BCUT2D eigenvalue weighted by molar-refractivity contribution is -0.122. The van der Waals surface area contributed by atoms with Gasteiger partial charge in [-0.15, -0.1) is 0 Å². The first-order valence-corrected chi connectivity index (χ1v) is 7.74. The topological polar surface area (TPSA) is 54.3 Å². The largest absolute Gasteiger partial charge is 0.348 e. The highest BCUT2D eigenvalue weighted by molar-refractivity contribution is 7.80. The summed E-state index contributed by atoms with van der Waals surface area (Å²) < 4.78 is 15.4. The fourth-order valence-corrected chi connectivity index (χ4v) is 2.78. The molecule has 24 heavy (non-hydrogen) atoms. The van der Waals surface area contributed by atoms with Crippen molar-refractivity contribution in [3.8, 4) is 0 Å². The molecule has 2 aromatic rings. The predicted molar refractivity (Wildman–Crippen MR) is 92.7 cm³/mol. The van der Waals surface area contributed by atoms with Gasteiger partial charge in [0.05, 0.1) is 5.69 Å². The van der Waals surface area contributed by atoms with Gasteiger partial charge >= 0.3 is 0 Å². The summed E-state index contributed by atoms with van der Waals surface area (Å²) in [5, 5.41) is 2.40. The van der Waals surface area contributed by atoms with Crippen molar-refractivity contribution in [1.29, 1.82) is 0 Å². The van der Waals surface area contributed by atoms with E-state index in [2.05, 4.69) is 5.32 Å². The van der Waals surface area contributed by atoms with Gasteiger partial charge in [-0.05, 0) is 55.5 Å². The number of hydrogen-bond acceptors (Lipinski definition) is 3. The van der Waals surface area contributed by atoms with Crippen LogP contribution in [0.2, 0.25) is 0 Å². The van der Waals surface area contributed by atoms with Crippen LogP contribution in [0.15, 0.2) is 48.2 Å². The third kappa shape index (κ3) is 2.85. The van der Waals surface area contributed by atoms with E-state index in [9.17, 15) is 14.0 Å². The molecule has 0 aliphatic carbocycles. The van der Waals surface area contributed by atoms with Gasteiger partial charge < -0.3 is 4.57 Å². The van der Waals surface area contributed by atoms with E-state index in [-0.39, 0.29) is 16.4 Å². The van der Waals surface area contributed by atoms with Gasteiger partial charge in [0.25, 0.3) is 11.8 Å². The van der Waals surface area contributed by atoms with E-state index in [0.717, 1.165) is 10.6 Å². The van der Waals surface area contributed by atoms with Gasteiger partial charge in [-0.3, -0.25) is 19.8 Å². The lowest BCUT2D eigenvalue weighted by Crippen LogP contribution is -2.54. The Bertz CT molecular complexity index is 872. The SMILES string of the molecule is CCn1cccc1/C=C1\C(=O)NC(=S)N(c2cccc(F)c2)C1=O. The van der Waals surface area contributed by atoms with Gasteiger partial charge in [-0.25, -0.2) is 4.39 Å². The minimum atomic E-state index is -0.585. The second kappa shape index (κ2) is 6.37. The lowest BCUT2D eigenvalue weighted by Gasteiger charge is -2.28. The fourth-order valence-electron chi connectivity index (χ4n) is 2.50. The molecule has 0 bridgehead atoms. The molecule has 1 saturated heterocycles. The molecule has 1 fully saturated rings. The van der Waals surface area contributed by atoms with E-state index < -0.39 is 17.6 Å². The van der Waals surface area contributed by atoms with Crippen molar-refractivity contribution in [2.75, 3.05) is 4.90 Å². The Hall–Kier alpha value is -2.80. The Morgan fingerprint density at radius 3 is 2.75 bits per heavy atom. The van der Waals surface area contributed by atoms with Gasteiger partial charge in [-0.1, -0.05) is 6.07 Å². The van der Waals surface area contributed by atoms with Crippen LogP contribution in [0.25, 0.3) is 6.08 Å². The van der Waals surface area contributed by atoms with Gasteiger partial charge in [0.15, 0.2) is 5.11 Å². The number of benzene rings is 1. The second-order valence-electron chi connectivity index (χ2n) is 5.16. The number of aromatic nitrogens is 1. The third-order valence-corrected chi connectivity index (χ3v) is 3.95. The molecular formula is C17H14FN3O2S. The summed E-state index contributed by atoms with van der Waals surface area (Å²) in [6.45, 7) is 2.66. The predicted octanol–water partition coefficient (Wildman–Crippen LogP) is 2.48. The molecule has 3 rings (SSSR count). The number of nitrogens with zero attached hydrogens (tertiary/aromatic N) is 2. The third-order valence-electron chi connectivity index (χ3n) is 3.67. The van der Waals surface area contributed by atoms with Crippen LogP contribution >= 0.6 is 12.2 Å². The van der Waals surface area contributed by atoms with E-state index in [4.69, 9.17) is 12.2 Å². The van der Waals surface area contributed by atoms with Crippen molar-refractivity contribution < 1.29 is 14.0 Å². The Kier molecular flexibility index (Phi) is 4.26. The smallest absolute Gasteiger partial charge is 0.270 e. The van der Waals surface area contributed by atoms with E-state index in [0.29, 0.717) is 6.54 Å². The second-order valence-corrected chi connectivity index (χ2v) is 5.54. The van der Waals surface area contributed by atoms with Crippen LogP contribution in [0.3, 0.4) is 0 Å². The number of amides is 2. The summed E-state index contributed by atoms with van der Waals surface area (Å²) in [7, 11) is 0. The molecule has 0 unspecified atom stereocenters. The highest BCUT2D eigenvalue weighted by Crippen LogP contribution is 2.22. The molecular weight excluding hydrogens is 329 g/mol. The maximum atomic E-state index is 13.5. The fraction of sp³-hybridized carbons (Fsp3) is 0.118. The van der Waals surface area contributed by atoms with Crippen molar-refractivity contribution >= 4 is 40.9 Å². The number of nitrogens with one attached hydrogen (secondary N) is 1. The summed E-state index contributed by atoms with van der Waals surface area (Å²) in [6.07, 6.45) is 3.36. The molecule has 1 N–H and O–H groups in total. The maximum Gasteiger partial charge on any atom is 0.270 e.